The van der Waals surface area contributed by atoms with Crippen LogP contribution in [0.5, 0.6) is 11.5 Å². The van der Waals surface area contributed by atoms with E-state index in [9.17, 15) is 4.79 Å². The molecule has 6 nitrogen and oxygen atoms in total. The topological polar surface area (TPSA) is 71.6 Å². The molecule has 0 spiro atoms. The van der Waals surface area contributed by atoms with Crippen molar-refractivity contribution in [2.24, 2.45) is 0 Å². The lowest BCUT2D eigenvalue weighted by Gasteiger charge is -2.14. The van der Waals surface area contributed by atoms with Crippen molar-refractivity contribution in [1.82, 2.24) is 16.2 Å². The summed E-state index contributed by atoms with van der Waals surface area (Å²) < 4.78 is 10.9. The van der Waals surface area contributed by atoms with Gasteiger partial charge in [0.1, 0.15) is 12.6 Å². The van der Waals surface area contributed by atoms with Gasteiger partial charge in [0.2, 0.25) is 5.91 Å². The molecule has 1 aliphatic rings. The molecule has 2 aromatic carbocycles. The number of methoxy groups -OCH3 is 1. The Morgan fingerprint density at radius 2 is 1.93 bits per heavy atom. The molecule has 1 heterocycles. The third-order valence-electron chi connectivity index (χ3n) is 4.76. The summed E-state index contributed by atoms with van der Waals surface area (Å²) in [5, 5.41) is 2.92. The summed E-state index contributed by atoms with van der Waals surface area (Å²) in [6.07, 6.45) is 0.712. The third kappa shape index (κ3) is 4.78. The van der Waals surface area contributed by atoms with Crippen molar-refractivity contribution in [1.29, 1.82) is 0 Å². The zero-order chi connectivity index (χ0) is 19.2. The Morgan fingerprint density at radius 1 is 1.15 bits per heavy atom. The zero-order valence-corrected chi connectivity index (χ0v) is 16.0. The largest absolute Gasteiger partial charge is 0.493 e. The standard InChI is InChI=1S/C21H27N3O3/c1-14-8-9-15(2)16(12-14)17-13-18(24-23-17)21(25)22-10-11-27-20-7-5-4-6-19(20)26-3/h4-9,12,17-18,23-24H,10-11,13H2,1-3H3,(H,22,25). The molecule has 27 heavy (non-hydrogen) atoms. The van der Waals surface area contributed by atoms with Gasteiger partial charge in [-0.1, -0.05) is 35.9 Å². The SMILES string of the molecule is COc1ccccc1OCCNC(=O)C1CC(c2cc(C)ccc2C)NN1. The summed E-state index contributed by atoms with van der Waals surface area (Å²) in [6, 6.07) is 13.7. The number of carbonyl (C=O) groups excluding carboxylic acids is 1. The van der Waals surface area contributed by atoms with Gasteiger partial charge in [-0.05, 0) is 43.5 Å². The van der Waals surface area contributed by atoms with E-state index in [1.165, 1.54) is 16.7 Å². The highest BCUT2D eigenvalue weighted by Crippen LogP contribution is 2.26. The number of nitrogens with one attached hydrogen (secondary N) is 3. The predicted octanol–water partition coefficient (Wildman–Crippen LogP) is 2.41. The molecule has 0 bridgehead atoms. The molecule has 3 N–H and O–H groups in total. The number of hydrogen-bond donors (Lipinski definition) is 3. The second-order valence-corrected chi connectivity index (χ2v) is 6.78. The van der Waals surface area contributed by atoms with Gasteiger partial charge < -0.3 is 14.8 Å². The summed E-state index contributed by atoms with van der Waals surface area (Å²) in [5.41, 5.74) is 10.0. The van der Waals surface area contributed by atoms with Gasteiger partial charge in [-0.3, -0.25) is 4.79 Å². The van der Waals surface area contributed by atoms with Crippen molar-refractivity contribution in [2.75, 3.05) is 20.3 Å². The van der Waals surface area contributed by atoms with Crippen LogP contribution in [0, 0.1) is 13.8 Å². The van der Waals surface area contributed by atoms with E-state index in [4.69, 9.17) is 9.47 Å². The number of rotatable bonds is 7. The van der Waals surface area contributed by atoms with Crippen LogP contribution in [-0.4, -0.2) is 32.2 Å². The fourth-order valence-corrected chi connectivity index (χ4v) is 3.26. The van der Waals surface area contributed by atoms with Crippen LogP contribution in [0.25, 0.3) is 0 Å². The van der Waals surface area contributed by atoms with Gasteiger partial charge in [0.15, 0.2) is 11.5 Å². The molecule has 2 unspecified atom stereocenters. The Balaban J connectivity index is 1.46. The molecule has 0 saturated carbocycles. The van der Waals surface area contributed by atoms with Crippen molar-refractivity contribution >= 4 is 5.91 Å². The van der Waals surface area contributed by atoms with Crippen molar-refractivity contribution in [3.8, 4) is 11.5 Å². The van der Waals surface area contributed by atoms with Gasteiger partial charge in [0, 0.05) is 6.04 Å². The number of amides is 1. The molecule has 1 saturated heterocycles. The number of para-hydroxylation sites is 2. The first-order valence-corrected chi connectivity index (χ1v) is 9.20. The molecule has 144 valence electrons. The lowest BCUT2D eigenvalue weighted by molar-refractivity contribution is -0.123. The van der Waals surface area contributed by atoms with E-state index < -0.39 is 0 Å². The summed E-state index contributed by atoms with van der Waals surface area (Å²) >= 11 is 0. The van der Waals surface area contributed by atoms with Crippen molar-refractivity contribution < 1.29 is 14.3 Å². The molecule has 2 atom stereocenters. The Kier molecular flexibility index (Phi) is 6.32. The number of benzene rings is 2. The Hall–Kier alpha value is -2.57. The maximum atomic E-state index is 12.4. The third-order valence-corrected chi connectivity index (χ3v) is 4.76. The molecular formula is C21H27N3O3. The molecule has 1 aliphatic heterocycles. The van der Waals surface area contributed by atoms with Crippen molar-refractivity contribution in [2.45, 2.75) is 32.4 Å². The summed E-state index contributed by atoms with van der Waals surface area (Å²) in [4.78, 5) is 12.4. The van der Waals surface area contributed by atoms with E-state index in [0.29, 0.717) is 31.1 Å². The van der Waals surface area contributed by atoms with Crippen molar-refractivity contribution in [3.05, 3.63) is 59.2 Å². The fourth-order valence-electron chi connectivity index (χ4n) is 3.26. The first-order chi connectivity index (χ1) is 13.1. The molecule has 0 aromatic heterocycles. The zero-order valence-electron chi connectivity index (χ0n) is 16.0. The van der Waals surface area contributed by atoms with Gasteiger partial charge in [0.05, 0.1) is 13.7 Å². The quantitative estimate of drug-likeness (QED) is 0.654. The highest BCUT2D eigenvalue weighted by Gasteiger charge is 2.30. The number of ether oxygens (including phenoxy) is 2. The normalized spacial score (nSPS) is 18.9. The monoisotopic (exact) mass is 369 g/mol. The molecular weight excluding hydrogens is 342 g/mol. The van der Waals surface area contributed by atoms with Gasteiger partial charge in [-0.15, -0.1) is 0 Å². The van der Waals surface area contributed by atoms with E-state index in [2.05, 4.69) is 48.2 Å². The minimum Gasteiger partial charge on any atom is -0.493 e. The first-order valence-electron chi connectivity index (χ1n) is 9.20. The number of carbonyl (C=O) groups is 1. The minimum absolute atomic E-state index is 0.0288. The second kappa shape index (κ2) is 8.88. The van der Waals surface area contributed by atoms with E-state index in [1.54, 1.807) is 7.11 Å². The smallest absolute Gasteiger partial charge is 0.238 e. The van der Waals surface area contributed by atoms with Crippen LogP contribution in [0.3, 0.4) is 0 Å². The van der Waals surface area contributed by atoms with E-state index in [-0.39, 0.29) is 18.0 Å². The van der Waals surface area contributed by atoms with E-state index in [1.807, 2.05) is 24.3 Å². The maximum Gasteiger partial charge on any atom is 0.238 e. The summed E-state index contributed by atoms with van der Waals surface area (Å²) in [6.45, 7) is 4.99. The van der Waals surface area contributed by atoms with Gasteiger partial charge in [0.25, 0.3) is 0 Å². The van der Waals surface area contributed by atoms with Crippen LogP contribution in [0.2, 0.25) is 0 Å². The highest BCUT2D eigenvalue weighted by molar-refractivity contribution is 5.82. The number of hydrogen-bond acceptors (Lipinski definition) is 5. The molecule has 0 aliphatic carbocycles. The van der Waals surface area contributed by atoms with Crippen LogP contribution in [-0.2, 0) is 4.79 Å². The Bertz CT molecular complexity index is 794. The van der Waals surface area contributed by atoms with Gasteiger partial charge >= 0.3 is 0 Å². The second-order valence-electron chi connectivity index (χ2n) is 6.78. The average molecular weight is 369 g/mol. The molecule has 1 fully saturated rings. The molecule has 2 aromatic rings. The van der Waals surface area contributed by atoms with Crippen LogP contribution in [0.1, 0.15) is 29.2 Å². The molecule has 0 radical (unpaired) electrons. The van der Waals surface area contributed by atoms with Crippen LogP contribution >= 0.6 is 0 Å². The number of aryl methyl sites for hydroxylation is 2. The molecule has 3 rings (SSSR count). The lowest BCUT2D eigenvalue weighted by Crippen LogP contribution is -2.44. The van der Waals surface area contributed by atoms with E-state index >= 15 is 0 Å². The predicted molar refractivity (Wildman–Crippen MR) is 105 cm³/mol. The summed E-state index contributed by atoms with van der Waals surface area (Å²) in [7, 11) is 1.61. The summed E-state index contributed by atoms with van der Waals surface area (Å²) in [5.74, 6) is 1.32. The van der Waals surface area contributed by atoms with Crippen LogP contribution < -0.4 is 25.6 Å². The molecule has 6 heteroatoms. The Labute approximate surface area is 160 Å². The maximum absolute atomic E-state index is 12.4. The van der Waals surface area contributed by atoms with Crippen LogP contribution in [0.15, 0.2) is 42.5 Å². The minimum atomic E-state index is -0.263. The highest BCUT2D eigenvalue weighted by atomic mass is 16.5. The lowest BCUT2D eigenvalue weighted by atomic mass is 9.96. The van der Waals surface area contributed by atoms with Crippen molar-refractivity contribution in [3.63, 3.8) is 0 Å². The fraction of sp³-hybridized carbons (Fsp3) is 0.381. The van der Waals surface area contributed by atoms with Crippen LogP contribution in [0.4, 0.5) is 0 Å². The van der Waals surface area contributed by atoms with Gasteiger partial charge in [-0.25, -0.2) is 10.9 Å². The molecule has 1 amide bonds. The number of hydrazine groups is 1. The average Bonchev–Trinajstić information content (AvgIpc) is 3.17. The Morgan fingerprint density at radius 3 is 2.70 bits per heavy atom. The first kappa shape index (κ1) is 19.2. The van der Waals surface area contributed by atoms with E-state index in [0.717, 1.165) is 0 Å². The van der Waals surface area contributed by atoms with Gasteiger partial charge in [-0.2, -0.15) is 0 Å².